The first kappa shape index (κ1) is 77.8. The van der Waals surface area contributed by atoms with Gasteiger partial charge in [0.2, 0.25) is 0 Å². The summed E-state index contributed by atoms with van der Waals surface area (Å²) in [6, 6.07) is 0. The van der Waals surface area contributed by atoms with Gasteiger partial charge in [0.25, 0.3) is 0 Å². The summed E-state index contributed by atoms with van der Waals surface area (Å²) < 4.78 is 16.8. The summed E-state index contributed by atoms with van der Waals surface area (Å²) >= 11 is 0. The molecule has 6 heteroatoms. The molecule has 0 rings (SSSR count). The molecule has 0 saturated heterocycles. The van der Waals surface area contributed by atoms with Crippen LogP contribution in [-0.2, 0) is 28.6 Å². The molecule has 0 spiro atoms. The molecule has 0 aliphatic carbocycles. The van der Waals surface area contributed by atoms with Crippen molar-refractivity contribution in [1.29, 1.82) is 0 Å². The predicted molar refractivity (Wildman–Crippen MR) is 357 cm³/mol. The Kier molecular flexibility index (Phi) is 65.8. The smallest absolute Gasteiger partial charge is 0.306 e. The van der Waals surface area contributed by atoms with Gasteiger partial charge in [0.1, 0.15) is 13.2 Å². The van der Waals surface area contributed by atoms with Gasteiger partial charge in [0.15, 0.2) is 6.10 Å². The maximum absolute atomic E-state index is 12.9. The number of hydrogen-bond acceptors (Lipinski definition) is 6. The molecule has 1 atom stereocenters. The van der Waals surface area contributed by atoms with Crippen LogP contribution in [0.1, 0.15) is 323 Å². The zero-order valence-corrected chi connectivity index (χ0v) is 53.7. The van der Waals surface area contributed by atoms with E-state index in [0.717, 1.165) is 109 Å². The van der Waals surface area contributed by atoms with Crippen molar-refractivity contribution in [3.8, 4) is 0 Å². The van der Waals surface area contributed by atoms with Gasteiger partial charge in [-0.05, 0) is 116 Å². The van der Waals surface area contributed by atoms with Gasteiger partial charge in [-0.1, -0.05) is 309 Å². The Balaban J connectivity index is 4.11. The molecule has 0 fully saturated rings. The van der Waals surface area contributed by atoms with E-state index >= 15 is 0 Å². The van der Waals surface area contributed by atoms with E-state index in [0.29, 0.717) is 19.3 Å². The molecule has 468 valence electrons. The van der Waals surface area contributed by atoms with E-state index in [-0.39, 0.29) is 37.5 Å². The summed E-state index contributed by atoms with van der Waals surface area (Å²) in [6.45, 7) is 6.44. The third kappa shape index (κ3) is 66.6. The molecule has 82 heavy (non-hydrogen) atoms. The summed E-state index contributed by atoms with van der Waals surface area (Å²) in [5, 5.41) is 0. The van der Waals surface area contributed by atoms with Crippen molar-refractivity contribution >= 4 is 17.9 Å². The molecule has 0 N–H and O–H groups in total. The first-order valence-electron chi connectivity index (χ1n) is 34.5. The first-order chi connectivity index (χ1) is 40.5. The Morgan fingerprint density at radius 1 is 0.256 bits per heavy atom. The second-order valence-electron chi connectivity index (χ2n) is 22.7. The monoisotopic (exact) mass is 1140 g/mol. The Hall–Kier alpha value is -4.19. The van der Waals surface area contributed by atoms with Crippen LogP contribution in [0.25, 0.3) is 0 Å². The van der Waals surface area contributed by atoms with E-state index < -0.39 is 6.10 Å². The number of rotatable bonds is 62. The average molecular weight is 1140 g/mol. The highest BCUT2D eigenvalue weighted by molar-refractivity contribution is 5.71. The molecule has 0 aromatic rings. The summed E-state index contributed by atoms with van der Waals surface area (Å²) in [5.74, 6) is -0.943. The lowest BCUT2D eigenvalue weighted by molar-refractivity contribution is -0.167. The molecule has 1 unspecified atom stereocenters. The SMILES string of the molecule is CC/C=C\C/C=C\C/C=C\C/C=C\C/C=C\C/C=C\C/C=C\C/C=C\CCCCC(=O)OC(COC(=O)CCCCCCCC)COC(=O)CCCCCCCCCCCCCCCCCCCCC/C=C\C/C=C\CCCCCCC. The molecule has 0 aromatic heterocycles. The van der Waals surface area contributed by atoms with E-state index in [4.69, 9.17) is 14.2 Å². The van der Waals surface area contributed by atoms with Gasteiger partial charge in [0, 0.05) is 19.3 Å². The molecule has 6 nitrogen and oxygen atoms in total. The molecular formula is C76H128O6. The van der Waals surface area contributed by atoms with Crippen molar-refractivity contribution < 1.29 is 28.6 Å². The van der Waals surface area contributed by atoms with Crippen molar-refractivity contribution in [3.05, 3.63) is 122 Å². The number of ether oxygens (including phenoxy) is 3. The Labute approximate surface area is 507 Å². The van der Waals surface area contributed by atoms with Crippen LogP contribution in [0.4, 0.5) is 0 Å². The molecule has 0 aromatic carbocycles. The lowest BCUT2D eigenvalue weighted by Crippen LogP contribution is -2.30. The minimum Gasteiger partial charge on any atom is -0.462 e. The van der Waals surface area contributed by atoms with E-state index in [1.54, 1.807) is 0 Å². The van der Waals surface area contributed by atoms with Crippen LogP contribution in [0.15, 0.2) is 122 Å². The highest BCUT2D eigenvalue weighted by atomic mass is 16.6. The van der Waals surface area contributed by atoms with Gasteiger partial charge in [-0.15, -0.1) is 0 Å². The van der Waals surface area contributed by atoms with E-state index in [2.05, 4.69) is 142 Å². The molecule has 0 heterocycles. The molecule has 0 aliphatic heterocycles. The van der Waals surface area contributed by atoms with Crippen molar-refractivity contribution in [3.63, 3.8) is 0 Å². The van der Waals surface area contributed by atoms with Crippen LogP contribution >= 0.6 is 0 Å². The van der Waals surface area contributed by atoms with Gasteiger partial charge in [-0.2, -0.15) is 0 Å². The van der Waals surface area contributed by atoms with Crippen molar-refractivity contribution in [1.82, 2.24) is 0 Å². The maximum Gasteiger partial charge on any atom is 0.306 e. The first-order valence-corrected chi connectivity index (χ1v) is 34.5. The molecular weight excluding hydrogens is 1010 g/mol. The summed E-state index contributed by atoms with van der Waals surface area (Å²) in [5.41, 5.74) is 0. The van der Waals surface area contributed by atoms with Gasteiger partial charge in [-0.3, -0.25) is 14.4 Å². The van der Waals surface area contributed by atoms with Crippen molar-refractivity contribution in [2.45, 2.75) is 329 Å². The standard InChI is InChI=1S/C76H128O6/c1-4-7-10-13-16-18-20-22-24-26-28-30-32-34-36-37-38-39-41-42-44-46-48-50-52-54-56-58-60-63-66-69-75(78)81-72-73(71-80-74(77)68-65-62-15-12-9-6-3)82-76(79)70-67-64-61-59-57-55-53-51-49-47-45-43-40-35-33-31-29-27-25-23-21-19-17-14-11-8-5-2/h8,11,17,19-20,22-23,25-26,28-29,31,35,40,45,47,51,53,57,59,73H,4-7,9-10,12-16,18,21,24,27,30,32-34,36-39,41-44,46,48-50,52,54-56,58,60-72H2,1-3H3/b11-8-,19-17-,22-20-,25-23-,28-26-,31-29-,40-35-,47-45-,53-51-,59-57-. The normalized spacial score (nSPS) is 12.9. The third-order valence-electron chi connectivity index (χ3n) is 14.7. The fourth-order valence-electron chi connectivity index (χ4n) is 9.55. The Morgan fingerprint density at radius 2 is 0.476 bits per heavy atom. The van der Waals surface area contributed by atoms with E-state index in [1.165, 1.54) is 167 Å². The van der Waals surface area contributed by atoms with Crippen LogP contribution in [0, 0.1) is 0 Å². The topological polar surface area (TPSA) is 78.9 Å². The molecule has 0 radical (unpaired) electrons. The Bertz CT molecular complexity index is 1690. The second kappa shape index (κ2) is 69.3. The zero-order valence-electron chi connectivity index (χ0n) is 53.7. The summed E-state index contributed by atoms with van der Waals surface area (Å²) in [4.78, 5) is 38.1. The van der Waals surface area contributed by atoms with Crippen molar-refractivity contribution in [2.75, 3.05) is 13.2 Å². The highest BCUT2D eigenvalue weighted by Crippen LogP contribution is 2.17. The van der Waals surface area contributed by atoms with E-state index in [9.17, 15) is 14.4 Å². The lowest BCUT2D eigenvalue weighted by Gasteiger charge is -2.18. The summed E-state index contributed by atoms with van der Waals surface area (Å²) in [7, 11) is 0. The van der Waals surface area contributed by atoms with Crippen LogP contribution in [-0.4, -0.2) is 37.2 Å². The van der Waals surface area contributed by atoms with E-state index in [1.807, 2.05) is 0 Å². The Morgan fingerprint density at radius 3 is 0.768 bits per heavy atom. The number of carbonyl (C=O) groups excluding carboxylic acids is 3. The van der Waals surface area contributed by atoms with Gasteiger partial charge in [0.05, 0.1) is 0 Å². The minimum atomic E-state index is -0.801. The quantitative estimate of drug-likeness (QED) is 0.0261. The van der Waals surface area contributed by atoms with Gasteiger partial charge in [-0.25, -0.2) is 0 Å². The maximum atomic E-state index is 12.9. The number of carbonyl (C=O) groups is 3. The van der Waals surface area contributed by atoms with Gasteiger partial charge < -0.3 is 14.2 Å². The fourth-order valence-corrected chi connectivity index (χ4v) is 9.55. The average Bonchev–Trinajstić information content (AvgIpc) is 3.47. The van der Waals surface area contributed by atoms with Crippen LogP contribution < -0.4 is 0 Å². The fraction of sp³-hybridized carbons (Fsp3) is 0.697. The predicted octanol–water partition coefficient (Wildman–Crippen LogP) is 23.9. The third-order valence-corrected chi connectivity index (χ3v) is 14.7. The number of hydrogen-bond donors (Lipinski definition) is 0. The molecule has 0 saturated carbocycles. The van der Waals surface area contributed by atoms with Crippen LogP contribution in [0.2, 0.25) is 0 Å². The largest absolute Gasteiger partial charge is 0.462 e. The minimum absolute atomic E-state index is 0.0952. The zero-order chi connectivity index (χ0) is 59.2. The highest BCUT2D eigenvalue weighted by Gasteiger charge is 2.19. The molecule has 0 bridgehead atoms. The molecule has 0 aliphatic rings. The van der Waals surface area contributed by atoms with Crippen LogP contribution in [0.5, 0.6) is 0 Å². The summed E-state index contributed by atoms with van der Waals surface area (Å²) in [6.07, 6.45) is 97.0. The number of allylic oxidation sites excluding steroid dienone is 20. The van der Waals surface area contributed by atoms with Crippen LogP contribution in [0.3, 0.4) is 0 Å². The lowest BCUT2D eigenvalue weighted by atomic mass is 10.0. The molecule has 0 amide bonds. The number of esters is 3. The second-order valence-corrected chi connectivity index (χ2v) is 22.7. The number of unbranched alkanes of at least 4 members (excludes halogenated alkanes) is 31. The van der Waals surface area contributed by atoms with Gasteiger partial charge >= 0.3 is 17.9 Å². The van der Waals surface area contributed by atoms with Crippen molar-refractivity contribution in [2.24, 2.45) is 0 Å².